The zero-order chi connectivity index (χ0) is 15.5. The normalized spacial score (nSPS) is 29.4. The number of hydrogen-bond acceptors (Lipinski definition) is 2. The molecule has 2 aliphatic heterocycles. The van der Waals surface area contributed by atoms with Gasteiger partial charge in [-0.1, -0.05) is 20.8 Å². The maximum atomic E-state index is 2.79. The first-order valence-electron chi connectivity index (χ1n) is 9.08. The van der Waals surface area contributed by atoms with Gasteiger partial charge >= 0.3 is 0 Å². The van der Waals surface area contributed by atoms with Crippen molar-refractivity contribution in [2.45, 2.75) is 78.8 Å². The summed E-state index contributed by atoms with van der Waals surface area (Å²) in [5.41, 5.74) is 1.63. The lowest BCUT2D eigenvalue weighted by molar-refractivity contribution is -0.0881. The molecular formula is C19H36N2. The molecule has 0 amide bonds. The zero-order valence-electron chi connectivity index (χ0n) is 15.2. The second-order valence-corrected chi connectivity index (χ2v) is 10.2. The topological polar surface area (TPSA) is 6.48 Å². The van der Waals surface area contributed by atoms with Crippen LogP contribution < -0.4 is 0 Å². The maximum absolute atomic E-state index is 2.79. The second kappa shape index (κ2) is 4.96. The Morgan fingerprint density at radius 1 is 0.857 bits per heavy atom. The molecule has 1 aliphatic carbocycles. The quantitative estimate of drug-likeness (QED) is 0.720. The fraction of sp³-hybridized carbons (Fsp3) is 1.00. The molecule has 0 aromatic carbocycles. The van der Waals surface area contributed by atoms with Crippen LogP contribution >= 0.6 is 0 Å². The van der Waals surface area contributed by atoms with Gasteiger partial charge in [-0.15, -0.1) is 0 Å². The van der Waals surface area contributed by atoms with Gasteiger partial charge in [-0.25, -0.2) is 0 Å². The molecule has 0 aromatic heterocycles. The van der Waals surface area contributed by atoms with E-state index in [2.05, 4.69) is 51.3 Å². The smallest absolute Gasteiger partial charge is 0.0350 e. The Morgan fingerprint density at radius 3 is 1.81 bits per heavy atom. The van der Waals surface area contributed by atoms with Crippen molar-refractivity contribution in [3.8, 4) is 0 Å². The lowest BCUT2D eigenvalue weighted by Crippen LogP contribution is -2.66. The molecule has 0 unspecified atom stereocenters. The Morgan fingerprint density at radius 2 is 1.38 bits per heavy atom. The molecule has 3 rings (SSSR count). The summed E-state index contributed by atoms with van der Waals surface area (Å²) in [4.78, 5) is 5.42. The van der Waals surface area contributed by atoms with Crippen molar-refractivity contribution >= 4 is 0 Å². The fourth-order valence-electron chi connectivity index (χ4n) is 4.60. The number of hydrogen-bond donors (Lipinski definition) is 0. The van der Waals surface area contributed by atoms with Gasteiger partial charge in [0, 0.05) is 24.7 Å². The van der Waals surface area contributed by atoms with Crippen molar-refractivity contribution in [1.82, 2.24) is 9.80 Å². The molecular weight excluding hydrogens is 256 g/mol. The van der Waals surface area contributed by atoms with E-state index in [1.54, 1.807) is 0 Å². The average molecular weight is 293 g/mol. The first kappa shape index (κ1) is 15.8. The van der Waals surface area contributed by atoms with Crippen molar-refractivity contribution in [2.24, 2.45) is 16.7 Å². The molecule has 0 aromatic rings. The molecule has 2 heteroatoms. The summed E-state index contributed by atoms with van der Waals surface area (Å²) in [6.45, 7) is 19.6. The molecule has 2 heterocycles. The Hall–Kier alpha value is -0.0800. The molecule has 0 N–H and O–H groups in total. The number of nitrogens with zero attached hydrogens (tertiary/aromatic N) is 2. The lowest BCUT2D eigenvalue weighted by Gasteiger charge is -2.59. The van der Waals surface area contributed by atoms with E-state index in [4.69, 9.17) is 0 Å². The van der Waals surface area contributed by atoms with E-state index in [1.165, 1.54) is 51.9 Å². The fourth-order valence-corrected chi connectivity index (χ4v) is 4.60. The van der Waals surface area contributed by atoms with Crippen LogP contribution in [0.25, 0.3) is 0 Å². The van der Waals surface area contributed by atoms with E-state index in [-0.39, 0.29) is 0 Å². The third-order valence-electron chi connectivity index (χ3n) is 6.77. The molecule has 1 spiro atoms. The molecule has 2 saturated heterocycles. The standard InChI is InChI=1S/C19H36N2/c1-17(2,3)15-11-19(12-15)7-9-20(10-8-19)16-13-21(14-16)18(4,5)6/h15-16H,7-14H2,1-6H3. The SMILES string of the molecule is CC(C)(C)C1CC2(CCN(C3CN(C(C)(C)C)C3)CC2)C1. The highest BCUT2D eigenvalue weighted by molar-refractivity contribution is 5.02. The monoisotopic (exact) mass is 292 g/mol. The molecule has 1 saturated carbocycles. The first-order valence-corrected chi connectivity index (χ1v) is 9.08. The van der Waals surface area contributed by atoms with Gasteiger partial charge in [0.25, 0.3) is 0 Å². The summed E-state index contributed by atoms with van der Waals surface area (Å²) in [7, 11) is 0. The van der Waals surface area contributed by atoms with Gasteiger partial charge in [-0.3, -0.25) is 9.80 Å². The predicted octanol–water partition coefficient (Wildman–Crippen LogP) is 4.01. The van der Waals surface area contributed by atoms with E-state index in [9.17, 15) is 0 Å². The van der Waals surface area contributed by atoms with Gasteiger partial charge < -0.3 is 0 Å². The number of piperidine rings is 1. The maximum Gasteiger partial charge on any atom is 0.0350 e. The third kappa shape index (κ3) is 3.03. The minimum atomic E-state index is 0.363. The highest BCUT2D eigenvalue weighted by Crippen LogP contribution is 2.58. The molecule has 122 valence electrons. The van der Waals surface area contributed by atoms with E-state index in [0.717, 1.165) is 17.4 Å². The molecule has 0 atom stereocenters. The third-order valence-corrected chi connectivity index (χ3v) is 6.77. The largest absolute Gasteiger partial charge is 0.298 e. The van der Waals surface area contributed by atoms with Crippen LogP contribution in [0.4, 0.5) is 0 Å². The van der Waals surface area contributed by atoms with Crippen molar-refractivity contribution < 1.29 is 0 Å². The molecule has 0 radical (unpaired) electrons. The van der Waals surface area contributed by atoms with Gasteiger partial charge in [0.15, 0.2) is 0 Å². The minimum Gasteiger partial charge on any atom is -0.298 e. The van der Waals surface area contributed by atoms with Crippen molar-refractivity contribution in [2.75, 3.05) is 26.2 Å². The predicted molar refractivity (Wildman–Crippen MR) is 90.5 cm³/mol. The van der Waals surface area contributed by atoms with Crippen molar-refractivity contribution in [3.63, 3.8) is 0 Å². The van der Waals surface area contributed by atoms with Gasteiger partial charge in [0.2, 0.25) is 0 Å². The van der Waals surface area contributed by atoms with Crippen LogP contribution in [0.2, 0.25) is 0 Å². The summed E-state index contributed by atoms with van der Waals surface area (Å²) in [6, 6.07) is 0.847. The van der Waals surface area contributed by atoms with Crippen LogP contribution in [-0.2, 0) is 0 Å². The molecule has 3 fully saturated rings. The van der Waals surface area contributed by atoms with E-state index >= 15 is 0 Å². The minimum absolute atomic E-state index is 0.363. The van der Waals surface area contributed by atoms with Gasteiger partial charge in [-0.05, 0) is 76.3 Å². The van der Waals surface area contributed by atoms with E-state index < -0.39 is 0 Å². The molecule has 0 bridgehead atoms. The van der Waals surface area contributed by atoms with E-state index in [0.29, 0.717) is 11.0 Å². The highest BCUT2D eigenvalue weighted by Gasteiger charge is 2.50. The summed E-state index contributed by atoms with van der Waals surface area (Å²) in [5.74, 6) is 0.976. The summed E-state index contributed by atoms with van der Waals surface area (Å²) >= 11 is 0. The van der Waals surface area contributed by atoms with E-state index in [1.807, 2.05) is 0 Å². The second-order valence-electron chi connectivity index (χ2n) is 10.2. The Labute approximate surface area is 132 Å². The number of likely N-dealkylation sites (tertiary alicyclic amines) is 2. The molecule has 21 heavy (non-hydrogen) atoms. The Balaban J connectivity index is 1.43. The average Bonchev–Trinajstić information content (AvgIpc) is 2.21. The summed E-state index contributed by atoms with van der Waals surface area (Å²) in [6.07, 6.45) is 5.93. The molecule has 2 nitrogen and oxygen atoms in total. The Bertz CT molecular complexity index is 365. The van der Waals surface area contributed by atoms with Crippen molar-refractivity contribution in [1.29, 1.82) is 0 Å². The Kier molecular flexibility index (Phi) is 3.73. The van der Waals surface area contributed by atoms with Crippen LogP contribution in [0.3, 0.4) is 0 Å². The van der Waals surface area contributed by atoms with Gasteiger partial charge in [0.05, 0.1) is 0 Å². The van der Waals surface area contributed by atoms with Crippen LogP contribution in [-0.4, -0.2) is 47.6 Å². The van der Waals surface area contributed by atoms with Gasteiger partial charge in [-0.2, -0.15) is 0 Å². The summed E-state index contributed by atoms with van der Waals surface area (Å²) < 4.78 is 0. The summed E-state index contributed by atoms with van der Waals surface area (Å²) in [5, 5.41) is 0. The lowest BCUT2D eigenvalue weighted by atomic mass is 9.51. The first-order chi connectivity index (χ1) is 9.59. The number of rotatable bonds is 1. The van der Waals surface area contributed by atoms with Crippen LogP contribution in [0.5, 0.6) is 0 Å². The van der Waals surface area contributed by atoms with Crippen LogP contribution in [0.15, 0.2) is 0 Å². The van der Waals surface area contributed by atoms with Crippen molar-refractivity contribution in [3.05, 3.63) is 0 Å². The van der Waals surface area contributed by atoms with Gasteiger partial charge in [0.1, 0.15) is 0 Å². The zero-order valence-corrected chi connectivity index (χ0v) is 15.2. The van der Waals surface area contributed by atoms with Crippen LogP contribution in [0.1, 0.15) is 67.2 Å². The van der Waals surface area contributed by atoms with Crippen LogP contribution in [0, 0.1) is 16.7 Å². The highest BCUT2D eigenvalue weighted by atomic mass is 15.3. The molecule has 3 aliphatic rings.